The fraction of sp³-hybridized carbons (Fsp3) is 1.00. The Bertz CT molecular complexity index is 163. The normalized spacial score (nSPS) is 29.6. The quantitative estimate of drug-likeness (QED) is 0.447. The number of aliphatic hydroxyl groups is 3. The molecular formula is C8H16FNO4. The van der Waals surface area contributed by atoms with Gasteiger partial charge in [-0.3, -0.25) is 5.32 Å². The van der Waals surface area contributed by atoms with E-state index in [0.29, 0.717) is 13.2 Å². The Morgan fingerprint density at radius 1 is 1.43 bits per heavy atom. The van der Waals surface area contributed by atoms with Crippen LogP contribution >= 0.6 is 0 Å². The molecule has 0 bridgehead atoms. The molecule has 4 N–H and O–H groups in total. The number of hydrogen-bond acceptors (Lipinski definition) is 5. The third-order valence-electron chi connectivity index (χ3n) is 2.18. The van der Waals surface area contributed by atoms with Gasteiger partial charge in [-0.15, -0.1) is 0 Å². The van der Waals surface area contributed by atoms with E-state index in [9.17, 15) is 14.6 Å². The van der Waals surface area contributed by atoms with Gasteiger partial charge in [-0.1, -0.05) is 0 Å². The number of rotatable bonds is 4. The molecule has 0 radical (unpaired) electrons. The molecule has 1 saturated heterocycles. The first kappa shape index (κ1) is 11.8. The second-order valence-corrected chi connectivity index (χ2v) is 3.30. The average Bonchev–Trinajstić information content (AvgIpc) is 2.27. The summed E-state index contributed by atoms with van der Waals surface area (Å²) in [6.07, 6.45) is -4.33. The van der Waals surface area contributed by atoms with Crippen molar-refractivity contribution in [2.75, 3.05) is 19.8 Å². The summed E-state index contributed by atoms with van der Waals surface area (Å²) in [6, 6.07) is 0. The predicted octanol–water partition coefficient (Wildman–Crippen LogP) is -1.63. The molecule has 0 aromatic rings. The van der Waals surface area contributed by atoms with Gasteiger partial charge in [-0.25, -0.2) is 4.39 Å². The minimum Gasteiger partial charge on any atom is -0.388 e. The molecule has 0 spiro atoms. The maximum atomic E-state index is 12.0. The van der Waals surface area contributed by atoms with Crippen molar-refractivity contribution in [2.24, 2.45) is 0 Å². The first-order valence-corrected chi connectivity index (χ1v) is 4.62. The number of alkyl halides is 1. The maximum absolute atomic E-state index is 12.0. The van der Waals surface area contributed by atoms with Crippen LogP contribution in [0.25, 0.3) is 0 Å². The predicted molar refractivity (Wildman–Crippen MR) is 46.4 cm³/mol. The van der Waals surface area contributed by atoms with Crippen LogP contribution < -0.4 is 5.32 Å². The first-order chi connectivity index (χ1) is 6.66. The van der Waals surface area contributed by atoms with Crippen molar-refractivity contribution in [3.63, 3.8) is 0 Å². The molecule has 0 aromatic carbocycles. The number of halogens is 1. The topological polar surface area (TPSA) is 82.0 Å². The van der Waals surface area contributed by atoms with Gasteiger partial charge in [-0.05, 0) is 13.0 Å². The van der Waals surface area contributed by atoms with Gasteiger partial charge >= 0.3 is 0 Å². The Hall–Kier alpha value is -0.270. The van der Waals surface area contributed by atoms with Gasteiger partial charge in [0.15, 0.2) is 0 Å². The molecule has 0 amide bonds. The molecule has 84 valence electrons. The van der Waals surface area contributed by atoms with Gasteiger partial charge in [0.1, 0.15) is 31.2 Å². The van der Waals surface area contributed by atoms with Crippen molar-refractivity contribution in [1.29, 1.82) is 0 Å². The molecule has 1 aliphatic heterocycles. The Labute approximate surface area is 81.5 Å². The highest BCUT2D eigenvalue weighted by atomic mass is 19.1. The van der Waals surface area contributed by atoms with E-state index >= 15 is 0 Å². The average molecular weight is 209 g/mol. The summed E-state index contributed by atoms with van der Waals surface area (Å²) in [6.45, 7) is 0.0538. The van der Waals surface area contributed by atoms with E-state index in [0.717, 1.165) is 6.42 Å². The molecule has 1 heterocycles. The smallest absolute Gasteiger partial charge is 0.136 e. The number of nitrogens with one attached hydrogen (secondary N) is 1. The van der Waals surface area contributed by atoms with Gasteiger partial charge in [0.25, 0.3) is 0 Å². The molecule has 0 aliphatic carbocycles. The summed E-state index contributed by atoms with van der Waals surface area (Å²) >= 11 is 0. The lowest BCUT2D eigenvalue weighted by molar-refractivity contribution is -0.144. The van der Waals surface area contributed by atoms with Crippen LogP contribution in [0.1, 0.15) is 6.42 Å². The van der Waals surface area contributed by atoms with Crippen LogP contribution in [0.3, 0.4) is 0 Å². The second kappa shape index (κ2) is 5.57. The third kappa shape index (κ3) is 2.86. The van der Waals surface area contributed by atoms with Crippen LogP contribution in [0.5, 0.6) is 0 Å². The molecule has 1 rings (SSSR count). The Kier molecular flexibility index (Phi) is 4.70. The Balaban J connectivity index is 2.41. The molecule has 1 fully saturated rings. The zero-order chi connectivity index (χ0) is 10.6. The SMILES string of the molecule is O[C@H]([C@@H](O)[C@@H]1NCCCO1)[C@H](O)CF. The largest absolute Gasteiger partial charge is 0.388 e. The van der Waals surface area contributed by atoms with Crippen LogP contribution in [0.2, 0.25) is 0 Å². The van der Waals surface area contributed by atoms with Crippen molar-refractivity contribution >= 4 is 0 Å². The van der Waals surface area contributed by atoms with E-state index < -0.39 is 31.2 Å². The zero-order valence-electron chi connectivity index (χ0n) is 7.77. The summed E-state index contributed by atoms with van der Waals surface area (Å²) in [5.41, 5.74) is 0. The molecule has 14 heavy (non-hydrogen) atoms. The highest BCUT2D eigenvalue weighted by Crippen LogP contribution is 2.09. The molecule has 5 nitrogen and oxygen atoms in total. The fourth-order valence-electron chi connectivity index (χ4n) is 1.30. The Morgan fingerprint density at radius 2 is 2.14 bits per heavy atom. The minimum absolute atomic E-state index is 0.479. The third-order valence-corrected chi connectivity index (χ3v) is 2.18. The van der Waals surface area contributed by atoms with Gasteiger partial charge in [-0.2, -0.15) is 0 Å². The Morgan fingerprint density at radius 3 is 2.64 bits per heavy atom. The maximum Gasteiger partial charge on any atom is 0.136 e. The van der Waals surface area contributed by atoms with E-state index in [-0.39, 0.29) is 0 Å². The van der Waals surface area contributed by atoms with Crippen LogP contribution in [0.4, 0.5) is 4.39 Å². The molecule has 0 unspecified atom stereocenters. The molecule has 1 aliphatic rings. The lowest BCUT2D eigenvalue weighted by Crippen LogP contribution is -2.54. The van der Waals surface area contributed by atoms with Crippen molar-refractivity contribution < 1.29 is 24.4 Å². The molecule has 0 aromatic heterocycles. The molecule has 6 heteroatoms. The number of ether oxygens (including phenoxy) is 1. The highest BCUT2D eigenvalue weighted by molar-refractivity contribution is 4.81. The van der Waals surface area contributed by atoms with E-state index in [2.05, 4.69) is 5.32 Å². The van der Waals surface area contributed by atoms with E-state index in [1.54, 1.807) is 0 Å². The molecular weight excluding hydrogens is 193 g/mol. The summed E-state index contributed by atoms with van der Waals surface area (Å²) < 4.78 is 17.1. The molecule has 0 saturated carbocycles. The second-order valence-electron chi connectivity index (χ2n) is 3.30. The highest BCUT2D eigenvalue weighted by Gasteiger charge is 2.32. The van der Waals surface area contributed by atoms with Crippen LogP contribution in [-0.4, -0.2) is 59.7 Å². The van der Waals surface area contributed by atoms with Crippen LogP contribution in [-0.2, 0) is 4.74 Å². The van der Waals surface area contributed by atoms with Crippen molar-refractivity contribution in [3.05, 3.63) is 0 Å². The fourth-order valence-corrected chi connectivity index (χ4v) is 1.30. The summed E-state index contributed by atoms with van der Waals surface area (Å²) in [7, 11) is 0. The first-order valence-electron chi connectivity index (χ1n) is 4.62. The summed E-state index contributed by atoms with van der Waals surface area (Å²) in [5, 5.41) is 30.5. The van der Waals surface area contributed by atoms with Gasteiger partial charge < -0.3 is 20.1 Å². The zero-order valence-corrected chi connectivity index (χ0v) is 7.77. The van der Waals surface area contributed by atoms with E-state index in [1.165, 1.54) is 0 Å². The van der Waals surface area contributed by atoms with Crippen LogP contribution in [0, 0.1) is 0 Å². The van der Waals surface area contributed by atoms with E-state index in [4.69, 9.17) is 9.84 Å². The van der Waals surface area contributed by atoms with Crippen LogP contribution in [0.15, 0.2) is 0 Å². The number of aliphatic hydroxyl groups excluding tert-OH is 3. The lowest BCUT2D eigenvalue weighted by Gasteiger charge is -2.31. The van der Waals surface area contributed by atoms with Gasteiger partial charge in [0.05, 0.1) is 6.61 Å². The molecule has 4 atom stereocenters. The van der Waals surface area contributed by atoms with E-state index in [1.807, 2.05) is 0 Å². The minimum atomic E-state index is -1.57. The number of hydrogen-bond donors (Lipinski definition) is 4. The monoisotopic (exact) mass is 209 g/mol. The van der Waals surface area contributed by atoms with Crippen molar-refractivity contribution in [1.82, 2.24) is 5.32 Å². The summed E-state index contributed by atoms with van der Waals surface area (Å²) in [5.74, 6) is 0. The van der Waals surface area contributed by atoms with Gasteiger partial charge in [0.2, 0.25) is 0 Å². The van der Waals surface area contributed by atoms with Crippen molar-refractivity contribution in [2.45, 2.75) is 31.0 Å². The standard InChI is InChI=1S/C8H16FNO4/c9-4-5(11)6(12)7(13)8-10-2-1-3-14-8/h5-8,10-13H,1-4H2/t5-,6+,7-,8-/m1/s1. The van der Waals surface area contributed by atoms with Crippen molar-refractivity contribution in [3.8, 4) is 0 Å². The summed E-state index contributed by atoms with van der Waals surface area (Å²) in [4.78, 5) is 0. The lowest BCUT2D eigenvalue weighted by atomic mass is 10.1. The van der Waals surface area contributed by atoms with Gasteiger partial charge in [0, 0.05) is 0 Å².